The molecule has 7 nitrogen and oxygen atoms in total. The number of rotatable bonds is 4. The lowest BCUT2D eigenvalue weighted by atomic mass is 10.1. The molecule has 0 saturated carbocycles. The van der Waals surface area contributed by atoms with Crippen molar-refractivity contribution in [2.75, 3.05) is 16.8 Å². The van der Waals surface area contributed by atoms with Crippen LogP contribution in [0.2, 0.25) is 0 Å². The number of nitrogens with zero attached hydrogens (tertiary/aromatic N) is 2. The molecule has 7 heteroatoms. The van der Waals surface area contributed by atoms with Gasteiger partial charge in [0.05, 0.1) is 11.4 Å². The van der Waals surface area contributed by atoms with Crippen molar-refractivity contribution in [1.29, 1.82) is 0 Å². The van der Waals surface area contributed by atoms with Crippen LogP contribution in [-0.2, 0) is 16.1 Å². The number of oxazole rings is 1. The first-order valence-corrected chi connectivity index (χ1v) is 8.86. The van der Waals surface area contributed by atoms with Crippen LogP contribution in [0.15, 0.2) is 57.7 Å². The third-order valence-electron chi connectivity index (χ3n) is 4.82. The second kappa shape index (κ2) is 6.75. The summed E-state index contributed by atoms with van der Waals surface area (Å²) in [7, 11) is 0. The zero-order chi connectivity index (χ0) is 19.0. The van der Waals surface area contributed by atoms with E-state index in [-0.39, 0.29) is 18.2 Å². The molecule has 1 aromatic heterocycles. The highest BCUT2D eigenvalue weighted by molar-refractivity contribution is 6.03. The van der Waals surface area contributed by atoms with Crippen molar-refractivity contribution in [3.63, 3.8) is 0 Å². The number of amides is 2. The number of hydrogen-bond acceptors (Lipinski definition) is 4. The summed E-state index contributed by atoms with van der Waals surface area (Å²) in [5.74, 6) is -1.14. The first-order chi connectivity index (χ1) is 13.1. The largest absolute Gasteiger partial charge is 0.419 e. The predicted octanol–water partition coefficient (Wildman–Crippen LogP) is 2.61. The van der Waals surface area contributed by atoms with E-state index in [2.05, 4.69) is 5.32 Å². The van der Waals surface area contributed by atoms with E-state index in [0.29, 0.717) is 29.9 Å². The lowest BCUT2D eigenvalue weighted by Crippen LogP contribution is -2.28. The van der Waals surface area contributed by atoms with Crippen LogP contribution in [0.25, 0.3) is 11.1 Å². The van der Waals surface area contributed by atoms with E-state index in [0.717, 1.165) is 5.69 Å². The molecule has 4 rings (SSSR count). The summed E-state index contributed by atoms with van der Waals surface area (Å²) >= 11 is 0. The molecular weight excluding hydrogens is 346 g/mol. The summed E-state index contributed by atoms with van der Waals surface area (Å²) < 4.78 is 6.75. The van der Waals surface area contributed by atoms with E-state index in [4.69, 9.17) is 4.42 Å². The van der Waals surface area contributed by atoms with E-state index in [1.165, 1.54) is 4.57 Å². The van der Waals surface area contributed by atoms with Crippen LogP contribution in [0.5, 0.6) is 0 Å². The predicted molar refractivity (Wildman–Crippen MR) is 102 cm³/mol. The summed E-state index contributed by atoms with van der Waals surface area (Å²) in [6.45, 7) is 2.72. The van der Waals surface area contributed by atoms with Crippen molar-refractivity contribution in [3.8, 4) is 0 Å². The van der Waals surface area contributed by atoms with Gasteiger partial charge in [-0.3, -0.25) is 14.2 Å². The molecule has 3 aromatic rings. The quantitative estimate of drug-likeness (QED) is 0.770. The lowest BCUT2D eigenvalue weighted by molar-refractivity contribution is -0.122. The summed E-state index contributed by atoms with van der Waals surface area (Å²) in [4.78, 5) is 38.3. The van der Waals surface area contributed by atoms with Crippen molar-refractivity contribution >= 4 is 34.3 Å². The summed E-state index contributed by atoms with van der Waals surface area (Å²) in [6.07, 6.45) is 0.171. The standard InChI is InChI=1S/C20H19N3O4/c1-2-22-16-9-8-14(11-17(16)27-20(22)26)21-19(25)13-10-18(24)23(12-13)15-6-4-3-5-7-15/h3-9,11,13H,2,10,12H2,1H3,(H,21,25)/t13-/m0/s1. The smallest absolute Gasteiger partial charge is 0.408 e. The van der Waals surface area contributed by atoms with Crippen molar-refractivity contribution in [1.82, 2.24) is 4.57 Å². The van der Waals surface area contributed by atoms with Gasteiger partial charge in [0.2, 0.25) is 11.8 Å². The molecule has 1 aliphatic rings. The molecule has 1 aliphatic heterocycles. The van der Waals surface area contributed by atoms with Crippen LogP contribution < -0.4 is 16.0 Å². The normalized spacial score (nSPS) is 16.9. The maximum absolute atomic E-state index is 12.6. The number of hydrogen-bond donors (Lipinski definition) is 1. The molecule has 2 amide bonds. The highest BCUT2D eigenvalue weighted by atomic mass is 16.4. The molecule has 1 N–H and O–H groups in total. The average Bonchev–Trinajstić information content (AvgIpc) is 3.21. The number of aryl methyl sites for hydroxylation is 1. The van der Waals surface area contributed by atoms with Gasteiger partial charge in [-0.25, -0.2) is 4.79 Å². The van der Waals surface area contributed by atoms with Gasteiger partial charge in [0.15, 0.2) is 5.58 Å². The minimum Gasteiger partial charge on any atom is -0.408 e. The number of carbonyl (C=O) groups excluding carboxylic acids is 2. The fraction of sp³-hybridized carbons (Fsp3) is 0.250. The van der Waals surface area contributed by atoms with Crippen molar-refractivity contribution in [2.24, 2.45) is 5.92 Å². The van der Waals surface area contributed by atoms with Gasteiger partial charge in [-0.1, -0.05) is 18.2 Å². The Bertz CT molecular complexity index is 1070. The van der Waals surface area contributed by atoms with Gasteiger partial charge in [0.1, 0.15) is 0 Å². The second-order valence-corrected chi connectivity index (χ2v) is 6.52. The molecule has 1 atom stereocenters. The molecule has 0 spiro atoms. The fourth-order valence-corrected chi connectivity index (χ4v) is 3.43. The molecule has 27 heavy (non-hydrogen) atoms. The Morgan fingerprint density at radius 1 is 1.19 bits per heavy atom. The van der Waals surface area contributed by atoms with Crippen molar-refractivity contribution in [2.45, 2.75) is 19.9 Å². The Kier molecular flexibility index (Phi) is 4.27. The summed E-state index contributed by atoms with van der Waals surface area (Å²) in [5.41, 5.74) is 2.44. The van der Waals surface area contributed by atoms with Gasteiger partial charge in [-0.2, -0.15) is 0 Å². The Balaban J connectivity index is 1.50. The number of benzene rings is 2. The Labute approximate surface area is 155 Å². The van der Waals surface area contributed by atoms with Crippen LogP contribution in [0.1, 0.15) is 13.3 Å². The van der Waals surface area contributed by atoms with E-state index in [1.807, 2.05) is 37.3 Å². The number of para-hydroxylation sites is 1. The second-order valence-electron chi connectivity index (χ2n) is 6.52. The van der Waals surface area contributed by atoms with Crippen LogP contribution in [0, 0.1) is 5.92 Å². The third kappa shape index (κ3) is 3.12. The minimum absolute atomic E-state index is 0.0668. The van der Waals surface area contributed by atoms with Gasteiger partial charge in [-0.05, 0) is 31.2 Å². The first-order valence-electron chi connectivity index (χ1n) is 8.86. The number of aromatic nitrogens is 1. The van der Waals surface area contributed by atoms with Gasteiger partial charge in [0, 0.05) is 37.0 Å². The molecular formula is C20H19N3O4. The highest BCUT2D eigenvalue weighted by Gasteiger charge is 2.35. The van der Waals surface area contributed by atoms with Crippen LogP contribution in [0.4, 0.5) is 11.4 Å². The molecule has 0 radical (unpaired) electrons. The van der Waals surface area contributed by atoms with E-state index in [1.54, 1.807) is 23.1 Å². The molecule has 2 heterocycles. The molecule has 0 unspecified atom stereocenters. The number of anilines is 2. The fourth-order valence-electron chi connectivity index (χ4n) is 3.43. The Morgan fingerprint density at radius 2 is 1.96 bits per heavy atom. The first kappa shape index (κ1) is 17.1. The highest BCUT2D eigenvalue weighted by Crippen LogP contribution is 2.26. The average molecular weight is 365 g/mol. The monoisotopic (exact) mass is 365 g/mol. The van der Waals surface area contributed by atoms with E-state index in [9.17, 15) is 14.4 Å². The van der Waals surface area contributed by atoms with Gasteiger partial charge < -0.3 is 14.6 Å². The Hall–Kier alpha value is -3.35. The Morgan fingerprint density at radius 3 is 2.70 bits per heavy atom. The van der Waals surface area contributed by atoms with Crippen LogP contribution in [0.3, 0.4) is 0 Å². The molecule has 2 aromatic carbocycles. The summed E-state index contributed by atoms with van der Waals surface area (Å²) in [6, 6.07) is 14.4. The van der Waals surface area contributed by atoms with E-state index < -0.39 is 11.7 Å². The van der Waals surface area contributed by atoms with Crippen molar-refractivity contribution < 1.29 is 14.0 Å². The SMILES string of the molecule is CCn1c(=O)oc2cc(NC(=O)[C@H]3CC(=O)N(c4ccccc4)C3)ccc21. The molecule has 1 fully saturated rings. The molecule has 0 aliphatic carbocycles. The molecule has 138 valence electrons. The zero-order valence-electron chi connectivity index (χ0n) is 14.8. The topological polar surface area (TPSA) is 84.5 Å². The van der Waals surface area contributed by atoms with Gasteiger partial charge in [-0.15, -0.1) is 0 Å². The van der Waals surface area contributed by atoms with Gasteiger partial charge in [0.25, 0.3) is 0 Å². The zero-order valence-corrected chi connectivity index (χ0v) is 14.8. The number of fused-ring (bicyclic) bond motifs is 1. The lowest BCUT2D eigenvalue weighted by Gasteiger charge is -2.16. The van der Waals surface area contributed by atoms with Crippen LogP contribution >= 0.6 is 0 Å². The maximum atomic E-state index is 12.6. The van der Waals surface area contributed by atoms with Crippen molar-refractivity contribution in [3.05, 3.63) is 59.1 Å². The third-order valence-corrected chi connectivity index (χ3v) is 4.82. The summed E-state index contributed by atoms with van der Waals surface area (Å²) in [5, 5.41) is 2.83. The van der Waals surface area contributed by atoms with Gasteiger partial charge >= 0.3 is 5.76 Å². The number of nitrogens with one attached hydrogen (secondary N) is 1. The molecule has 0 bridgehead atoms. The number of carbonyl (C=O) groups is 2. The van der Waals surface area contributed by atoms with Crippen LogP contribution in [-0.4, -0.2) is 22.9 Å². The maximum Gasteiger partial charge on any atom is 0.419 e. The minimum atomic E-state index is -0.430. The molecule has 1 saturated heterocycles. The van der Waals surface area contributed by atoms with E-state index >= 15 is 0 Å².